The summed E-state index contributed by atoms with van der Waals surface area (Å²) in [6.45, 7) is 0. The maximum Gasteiger partial charge on any atom is 0.363 e. The number of carbonyl (C=O) groups is 1. The van der Waals surface area contributed by atoms with Gasteiger partial charge in [0.15, 0.2) is 5.70 Å². The van der Waals surface area contributed by atoms with E-state index in [2.05, 4.69) is 4.99 Å². The summed E-state index contributed by atoms with van der Waals surface area (Å²) < 4.78 is 5.06. The zero-order valence-electron chi connectivity index (χ0n) is 12.8. The second kappa shape index (κ2) is 7.11. The number of cyclic esters (lactones) is 1. The van der Waals surface area contributed by atoms with Crippen molar-refractivity contribution in [2.45, 2.75) is 0 Å². The van der Waals surface area contributed by atoms with E-state index in [1.54, 1.807) is 48.6 Å². The molecule has 0 fully saturated rings. The SMILES string of the molecule is O=C1OC(/C=C\c2cccc([N+](=O)[O-])c2)=NC/1=C/c1ccccc1Cl. The van der Waals surface area contributed by atoms with Crippen LogP contribution >= 0.6 is 11.6 Å². The van der Waals surface area contributed by atoms with Gasteiger partial charge in [0.1, 0.15) is 0 Å². The molecule has 0 spiro atoms. The third-order valence-electron chi connectivity index (χ3n) is 3.33. The van der Waals surface area contributed by atoms with Gasteiger partial charge in [0.25, 0.3) is 5.69 Å². The highest BCUT2D eigenvalue weighted by molar-refractivity contribution is 6.32. The van der Waals surface area contributed by atoms with Crippen LogP contribution in [0.4, 0.5) is 5.69 Å². The Bertz CT molecular complexity index is 948. The van der Waals surface area contributed by atoms with E-state index in [0.29, 0.717) is 16.1 Å². The molecule has 0 aromatic heterocycles. The van der Waals surface area contributed by atoms with Gasteiger partial charge in [0, 0.05) is 23.2 Å². The van der Waals surface area contributed by atoms with Crippen LogP contribution in [-0.4, -0.2) is 16.8 Å². The number of ether oxygens (including phenoxy) is 1. The third kappa shape index (κ3) is 3.99. The Morgan fingerprint density at radius 1 is 1.12 bits per heavy atom. The third-order valence-corrected chi connectivity index (χ3v) is 3.68. The predicted molar refractivity (Wildman–Crippen MR) is 95.1 cm³/mol. The average Bonchev–Trinajstić information content (AvgIpc) is 2.95. The molecule has 0 radical (unpaired) electrons. The van der Waals surface area contributed by atoms with E-state index in [-0.39, 0.29) is 17.3 Å². The van der Waals surface area contributed by atoms with Crippen LogP contribution in [0.3, 0.4) is 0 Å². The van der Waals surface area contributed by atoms with E-state index in [9.17, 15) is 14.9 Å². The largest absolute Gasteiger partial charge is 0.403 e. The second-order valence-electron chi connectivity index (χ2n) is 5.08. The van der Waals surface area contributed by atoms with E-state index in [1.807, 2.05) is 0 Å². The van der Waals surface area contributed by atoms with Crippen molar-refractivity contribution in [1.29, 1.82) is 0 Å². The Morgan fingerprint density at radius 3 is 2.68 bits per heavy atom. The number of aliphatic imine (C=N–C) groups is 1. The van der Waals surface area contributed by atoms with Crippen molar-refractivity contribution in [3.63, 3.8) is 0 Å². The van der Waals surface area contributed by atoms with Gasteiger partial charge >= 0.3 is 5.97 Å². The fourth-order valence-corrected chi connectivity index (χ4v) is 2.34. The summed E-state index contributed by atoms with van der Waals surface area (Å²) in [7, 11) is 0. The van der Waals surface area contributed by atoms with Crippen LogP contribution in [0.25, 0.3) is 12.2 Å². The standard InChI is InChI=1S/C18H11ClN2O4/c19-15-7-2-1-5-13(15)11-16-18(22)25-17(20-16)9-8-12-4-3-6-14(10-12)21(23)24/h1-11H/b9-8-,16-11+. The number of hydrogen-bond acceptors (Lipinski definition) is 5. The van der Waals surface area contributed by atoms with Crippen LogP contribution < -0.4 is 0 Å². The molecule has 0 saturated heterocycles. The molecule has 0 amide bonds. The summed E-state index contributed by atoms with van der Waals surface area (Å²) in [5.41, 5.74) is 1.36. The fraction of sp³-hybridized carbons (Fsp3) is 0. The number of hydrogen-bond donors (Lipinski definition) is 0. The average molecular weight is 355 g/mol. The summed E-state index contributed by atoms with van der Waals surface area (Å²) in [6, 6.07) is 13.1. The highest BCUT2D eigenvalue weighted by atomic mass is 35.5. The van der Waals surface area contributed by atoms with Crippen molar-refractivity contribution in [3.05, 3.63) is 86.6 Å². The molecule has 0 bridgehead atoms. The van der Waals surface area contributed by atoms with Gasteiger partial charge in [-0.05, 0) is 29.3 Å². The number of nitrogens with zero attached hydrogens (tertiary/aromatic N) is 2. The molecule has 25 heavy (non-hydrogen) atoms. The molecule has 0 N–H and O–H groups in total. The molecular formula is C18H11ClN2O4. The molecule has 3 rings (SSSR count). The molecule has 1 aliphatic rings. The molecular weight excluding hydrogens is 344 g/mol. The topological polar surface area (TPSA) is 81.8 Å². The van der Waals surface area contributed by atoms with E-state index in [4.69, 9.17) is 16.3 Å². The molecule has 124 valence electrons. The van der Waals surface area contributed by atoms with Crippen molar-refractivity contribution in [1.82, 2.24) is 0 Å². The molecule has 1 heterocycles. The molecule has 1 aliphatic heterocycles. The van der Waals surface area contributed by atoms with Crippen LogP contribution in [0.5, 0.6) is 0 Å². The van der Waals surface area contributed by atoms with Crippen LogP contribution in [-0.2, 0) is 9.53 Å². The van der Waals surface area contributed by atoms with Crippen molar-refractivity contribution in [2.75, 3.05) is 0 Å². The first-order valence-electron chi connectivity index (χ1n) is 7.22. The highest BCUT2D eigenvalue weighted by Crippen LogP contribution is 2.22. The second-order valence-corrected chi connectivity index (χ2v) is 5.48. The van der Waals surface area contributed by atoms with Gasteiger partial charge in [-0.3, -0.25) is 10.1 Å². The quantitative estimate of drug-likeness (QED) is 0.355. The molecule has 0 aliphatic carbocycles. The minimum atomic E-state index is -0.585. The summed E-state index contributed by atoms with van der Waals surface area (Å²) in [6.07, 6.45) is 4.60. The lowest BCUT2D eigenvalue weighted by atomic mass is 10.2. The summed E-state index contributed by atoms with van der Waals surface area (Å²) in [5, 5.41) is 11.3. The lowest BCUT2D eigenvalue weighted by Gasteiger charge is -1.96. The first kappa shape index (κ1) is 16.6. The smallest absolute Gasteiger partial charge is 0.363 e. The molecule has 0 unspecified atom stereocenters. The van der Waals surface area contributed by atoms with Crippen LogP contribution in [0.1, 0.15) is 11.1 Å². The number of esters is 1. The van der Waals surface area contributed by atoms with Gasteiger partial charge in [-0.25, -0.2) is 9.79 Å². The van der Waals surface area contributed by atoms with E-state index in [0.717, 1.165) is 0 Å². The zero-order chi connectivity index (χ0) is 17.8. The van der Waals surface area contributed by atoms with Crippen LogP contribution in [0.2, 0.25) is 5.02 Å². The predicted octanol–water partition coefficient (Wildman–Crippen LogP) is 4.26. The number of benzene rings is 2. The molecule has 7 heteroatoms. The zero-order valence-corrected chi connectivity index (χ0v) is 13.5. The number of nitro groups is 1. The Hall–Kier alpha value is -3.25. The highest BCUT2D eigenvalue weighted by Gasteiger charge is 2.21. The number of rotatable bonds is 4. The maximum absolute atomic E-state index is 11.9. The van der Waals surface area contributed by atoms with Crippen LogP contribution in [0, 0.1) is 10.1 Å². The first-order chi connectivity index (χ1) is 12.0. The Labute approximate surface area is 147 Å². The fourth-order valence-electron chi connectivity index (χ4n) is 2.15. The molecule has 2 aromatic carbocycles. The van der Waals surface area contributed by atoms with E-state index in [1.165, 1.54) is 18.2 Å². The van der Waals surface area contributed by atoms with E-state index < -0.39 is 10.9 Å². The number of carbonyl (C=O) groups excluding carboxylic acids is 1. The minimum Gasteiger partial charge on any atom is -0.403 e. The van der Waals surface area contributed by atoms with Crippen LogP contribution in [0.15, 0.2) is 65.3 Å². The van der Waals surface area contributed by atoms with E-state index >= 15 is 0 Å². The van der Waals surface area contributed by atoms with Crippen molar-refractivity contribution >= 4 is 41.3 Å². The van der Waals surface area contributed by atoms with Gasteiger partial charge in [-0.1, -0.05) is 41.9 Å². The molecule has 0 atom stereocenters. The lowest BCUT2D eigenvalue weighted by Crippen LogP contribution is -2.01. The summed E-state index contributed by atoms with van der Waals surface area (Å²) >= 11 is 6.05. The maximum atomic E-state index is 11.9. The van der Waals surface area contributed by atoms with Crippen molar-refractivity contribution in [2.24, 2.45) is 4.99 Å². The molecule has 2 aromatic rings. The number of non-ortho nitro benzene ring substituents is 1. The molecule has 0 saturated carbocycles. The van der Waals surface area contributed by atoms with Gasteiger partial charge in [-0.15, -0.1) is 0 Å². The van der Waals surface area contributed by atoms with Crippen molar-refractivity contribution in [3.8, 4) is 0 Å². The Balaban J connectivity index is 1.82. The summed E-state index contributed by atoms with van der Waals surface area (Å²) in [4.78, 5) is 26.3. The van der Waals surface area contributed by atoms with Gasteiger partial charge in [-0.2, -0.15) is 0 Å². The number of nitro benzene ring substituents is 1. The van der Waals surface area contributed by atoms with Gasteiger partial charge in [0.2, 0.25) is 5.90 Å². The first-order valence-corrected chi connectivity index (χ1v) is 7.60. The number of halogens is 1. The van der Waals surface area contributed by atoms with Crippen molar-refractivity contribution < 1.29 is 14.5 Å². The normalized spacial score (nSPS) is 15.5. The Kier molecular flexibility index (Phi) is 4.72. The summed E-state index contributed by atoms with van der Waals surface area (Å²) in [5.74, 6) is -0.478. The Morgan fingerprint density at radius 2 is 1.92 bits per heavy atom. The molecule has 6 nitrogen and oxygen atoms in total. The van der Waals surface area contributed by atoms with Gasteiger partial charge in [0.05, 0.1) is 4.92 Å². The monoisotopic (exact) mass is 354 g/mol. The minimum absolute atomic E-state index is 0.0215. The van der Waals surface area contributed by atoms with Gasteiger partial charge < -0.3 is 4.74 Å². The lowest BCUT2D eigenvalue weighted by molar-refractivity contribution is -0.384.